The van der Waals surface area contributed by atoms with Crippen LogP contribution in [0.3, 0.4) is 0 Å². The van der Waals surface area contributed by atoms with Crippen molar-refractivity contribution >= 4 is 5.91 Å². The highest BCUT2D eigenvalue weighted by molar-refractivity contribution is 5.77. The number of hydrogen-bond donors (Lipinski definition) is 2. The van der Waals surface area contributed by atoms with Crippen molar-refractivity contribution in [2.75, 3.05) is 13.7 Å². The molecule has 0 unspecified atom stereocenters. The Balaban J connectivity index is 2.29. The van der Waals surface area contributed by atoms with E-state index >= 15 is 0 Å². The van der Waals surface area contributed by atoms with E-state index in [0.717, 1.165) is 19.3 Å². The van der Waals surface area contributed by atoms with Crippen molar-refractivity contribution in [3.8, 4) is 0 Å². The predicted octanol–water partition coefficient (Wildman–Crippen LogP) is 0.833. The zero-order valence-electron chi connectivity index (χ0n) is 9.80. The zero-order chi connectivity index (χ0) is 11.5. The summed E-state index contributed by atoms with van der Waals surface area (Å²) in [5, 5.41) is 12.2. The fourth-order valence-electron chi connectivity index (χ4n) is 1.69. The average molecular weight is 215 g/mol. The highest BCUT2D eigenvalue weighted by Crippen LogP contribution is 2.37. The number of nitrogens with one attached hydrogen (secondary N) is 1. The fraction of sp³-hybridized carbons (Fsp3) is 0.909. The lowest BCUT2D eigenvalue weighted by Crippen LogP contribution is -2.46. The van der Waals surface area contributed by atoms with Crippen molar-refractivity contribution in [2.45, 2.75) is 50.7 Å². The molecular formula is C11H21NO3. The van der Waals surface area contributed by atoms with Crippen LogP contribution in [0.5, 0.6) is 0 Å². The summed E-state index contributed by atoms with van der Waals surface area (Å²) in [6.45, 7) is 3.62. The smallest absolute Gasteiger partial charge is 0.223 e. The molecule has 0 aliphatic heterocycles. The normalized spacial score (nSPS) is 19.5. The third kappa shape index (κ3) is 3.80. The van der Waals surface area contributed by atoms with Gasteiger partial charge in [0.2, 0.25) is 5.91 Å². The SMILES string of the molecule is COC1(CC(=O)NCC(C)(C)O)CCC1. The molecule has 0 saturated heterocycles. The maximum atomic E-state index is 11.6. The van der Waals surface area contributed by atoms with Gasteiger partial charge < -0.3 is 15.2 Å². The van der Waals surface area contributed by atoms with Gasteiger partial charge in [-0.05, 0) is 33.1 Å². The van der Waals surface area contributed by atoms with E-state index in [-0.39, 0.29) is 18.1 Å². The van der Waals surface area contributed by atoms with Crippen molar-refractivity contribution in [1.82, 2.24) is 5.32 Å². The molecular weight excluding hydrogens is 194 g/mol. The molecule has 1 aliphatic carbocycles. The van der Waals surface area contributed by atoms with E-state index in [1.54, 1.807) is 21.0 Å². The summed E-state index contributed by atoms with van der Waals surface area (Å²) >= 11 is 0. The summed E-state index contributed by atoms with van der Waals surface area (Å²) in [5.74, 6) is -0.0429. The van der Waals surface area contributed by atoms with Gasteiger partial charge in [-0.1, -0.05) is 0 Å². The van der Waals surface area contributed by atoms with Gasteiger partial charge in [-0.2, -0.15) is 0 Å². The Kier molecular flexibility index (Phi) is 3.73. The summed E-state index contributed by atoms with van der Waals surface area (Å²) in [4.78, 5) is 11.6. The third-order valence-corrected chi connectivity index (χ3v) is 2.90. The monoisotopic (exact) mass is 215 g/mol. The Bertz CT molecular complexity index is 223. The van der Waals surface area contributed by atoms with Gasteiger partial charge in [-0.3, -0.25) is 4.79 Å². The van der Waals surface area contributed by atoms with Crippen molar-refractivity contribution < 1.29 is 14.6 Å². The van der Waals surface area contributed by atoms with Gasteiger partial charge in [-0.25, -0.2) is 0 Å². The molecule has 0 spiro atoms. The molecule has 0 heterocycles. The van der Waals surface area contributed by atoms with Crippen LogP contribution in [0.1, 0.15) is 39.5 Å². The van der Waals surface area contributed by atoms with E-state index in [1.165, 1.54) is 0 Å². The van der Waals surface area contributed by atoms with Crippen LogP contribution in [0.25, 0.3) is 0 Å². The zero-order valence-corrected chi connectivity index (χ0v) is 9.80. The highest BCUT2D eigenvalue weighted by Gasteiger charge is 2.39. The largest absolute Gasteiger partial charge is 0.389 e. The van der Waals surface area contributed by atoms with Gasteiger partial charge in [-0.15, -0.1) is 0 Å². The van der Waals surface area contributed by atoms with Crippen LogP contribution >= 0.6 is 0 Å². The van der Waals surface area contributed by atoms with E-state index in [2.05, 4.69) is 5.32 Å². The number of hydrogen-bond acceptors (Lipinski definition) is 3. The van der Waals surface area contributed by atoms with Crippen LogP contribution in [0.15, 0.2) is 0 Å². The fourth-order valence-corrected chi connectivity index (χ4v) is 1.69. The predicted molar refractivity (Wildman–Crippen MR) is 57.5 cm³/mol. The first kappa shape index (κ1) is 12.5. The highest BCUT2D eigenvalue weighted by atomic mass is 16.5. The maximum Gasteiger partial charge on any atom is 0.223 e. The van der Waals surface area contributed by atoms with Crippen LogP contribution in [0.2, 0.25) is 0 Å². The van der Waals surface area contributed by atoms with Crippen molar-refractivity contribution in [2.24, 2.45) is 0 Å². The third-order valence-electron chi connectivity index (χ3n) is 2.90. The van der Waals surface area contributed by atoms with E-state index in [9.17, 15) is 9.90 Å². The molecule has 0 radical (unpaired) electrons. The molecule has 0 aromatic rings. The Morgan fingerprint density at radius 3 is 2.47 bits per heavy atom. The van der Waals surface area contributed by atoms with Gasteiger partial charge in [0.25, 0.3) is 0 Å². The molecule has 88 valence electrons. The molecule has 1 amide bonds. The molecule has 0 aromatic heterocycles. The lowest BCUT2D eigenvalue weighted by atomic mass is 9.77. The number of carbonyl (C=O) groups excluding carboxylic acids is 1. The van der Waals surface area contributed by atoms with Crippen molar-refractivity contribution in [3.05, 3.63) is 0 Å². The molecule has 1 saturated carbocycles. The molecule has 15 heavy (non-hydrogen) atoms. The maximum absolute atomic E-state index is 11.6. The van der Waals surface area contributed by atoms with Crippen LogP contribution in [-0.2, 0) is 9.53 Å². The number of amides is 1. The topological polar surface area (TPSA) is 58.6 Å². The van der Waals surface area contributed by atoms with E-state index in [1.807, 2.05) is 0 Å². The summed E-state index contributed by atoms with van der Waals surface area (Å²) in [6.07, 6.45) is 3.45. The molecule has 0 atom stereocenters. The second-order valence-electron chi connectivity index (χ2n) is 5.01. The van der Waals surface area contributed by atoms with Crippen molar-refractivity contribution in [1.29, 1.82) is 0 Å². The Labute approximate surface area is 91.0 Å². The molecule has 0 aromatic carbocycles. The molecule has 1 aliphatic rings. The minimum Gasteiger partial charge on any atom is -0.389 e. The van der Waals surface area contributed by atoms with Gasteiger partial charge in [0.15, 0.2) is 0 Å². The second kappa shape index (κ2) is 4.49. The van der Waals surface area contributed by atoms with E-state index < -0.39 is 5.60 Å². The Morgan fingerprint density at radius 1 is 1.53 bits per heavy atom. The Morgan fingerprint density at radius 2 is 2.13 bits per heavy atom. The molecule has 0 bridgehead atoms. The van der Waals surface area contributed by atoms with Crippen LogP contribution in [0, 0.1) is 0 Å². The van der Waals surface area contributed by atoms with Gasteiger partial charge in [0.1, 0.15) is 0 Å². The first-order valence-corrected chi connectivity index (χ1v) is 5.41. The average Bonchev–Trinajstić information content (AvgIpc) is 2.07. The number of methoxy groups -OCH3 is 1. The van der Waals surface area contributed by atoms with Crippen LogP contribution in [0.4, 0.5) is 0 Å². The van der Waals surface area contributed by atoms with Crippen LogP contribution < -0.4 is 5.32 Å². The molecule has 1 rings (SSSR count). The summed E-state index contributed by atoms with van der Waals surface area (Å²) in [7, 11) is 1.66. The lowest BCUT2D eigenvalue weighted by Gasteiger charge is -2.40. The lowest BCUT2D eigenvalue weighted by molar-refractivity contribution is -0.135. The minimum atomic E-state index is -0.852. The number of rotatable bonds is 5. The summed E-state index contributed by atoms with van der Waals surface area (Å²) < 4.78 is 5.35. The first-order valence-electron chi connectivity index (χ1n) is 5.41. The second-order valence-corrected chi connectivity index (χ2v) is 5.01. The molecule has 4 heteroatoms. The summed E-state index contributed by atoms with van der Waals surface area (Å²) in [6, 6.07) is 0. The number of ether oxygens (including phenoxy) is 1. The quantitative estimate of drug-likeness (QED) is 0.714. The summed E-state index contributed by atoms with van der Waals surface area (Å²) in [5.41, 5.74) is -1.08. The van der Waals surface area contributed by atoms with E-state index in [4.69, 9.17) is 4.74 Å². The van der Waals surface area contributed by atoms with Gasteiger partial charge in [0.05, 0.1) is 17.6 Å². The minimum absolute atomic E-state index is 0.0429. The standard InChI is InChI=1S/C11H21NO3/c1-10(2,14)8-12-9(13)7-11(15-3)5-4-6-11/h14H,4-8H2,1-3H3,(H,12,13). The van der Waals surface area contributed by atoms with Gasteiger partial charge in [0, 0.05) is 13.7 Å². The van der Waals surface area contributed by atoms with E-state index in [0.29, 0.717) is 6.42 Å². The molecule has 1 fully saturated rings. The number of aliphatic hydroxyl groups is 1. The first-order chi connectivity index (χ1) is 6.87. The number of carbonyl (C=O) groups is 1. The van der Waals surface area contributed by atoms with Crippen LogP contribution in [-0.4, -0.2) is 35.9 Å². The van der Waals surface area contributed by atoms with Crippen molar-refractivity contribution in [3.63, 3.8) is 0 Å². The Hall–Kier alpha value is -0.610. The van der Waals surface area contributed by atoms with Gasteiger partial charge >= 0.3 is 0 Å². The molecule has 2 N–H and O–H groups in total. The molecule has 4 nitrogen and oxygen atoms in total.